The Morgan fingerprint density at radius 2 is 2.35 bits per heavy atom. The van der Waals surface area contributed by atoms with Crippen LogP contribution < -0.4 is 16.2 Å². The fraction of sp³-hybridized carbons (Fsp3) is 0.333. The van der Waals surface area contributed by atoms with E-state index in [0.29, 0.717) is 12.1 Å². The summed E-state index contributed by atoms with van der Waals surface area (Å²) < 4.78 is 0. The average molecular weight is 233 g/mol. The molecule has 5 heteroatoms. The molecule has 0 unspecified atom stereocenters. The van der Waals surface area contributed by atoms with Crippen molar-refractivity contribution in [3.05, 3.63) is 45.9 Å². The number of carbonyl (C=O) groups is 1. The summed E-state index contributed by atoms with van der Waals surface area (Å²) >= 11 is 0. The van der Waals surface area contributed by atoms with Gasteiger partial charge in [0.05, 0.1) is 0 Å². The molecule has 0 spiro atoms. The van der Waals surface area contributed by atoms with Crippen molar-refractivity contribution in [3.63, 3.8) is 0 Å². The third-order valence-corrected chi connectivity index (χ3v) is 2.67. The zero-order chi connectivity index (χ0) is 12.1. The Morgan fingerprint density at radius 3 is 3.06 bits per heavy atom. The number of H-pyrrole nitrogens is 1. The van der Waals surface area contributed by atoms with Gasteiger partial charge in [0.2, 0.25) is 5.56 Å². The summed E-state index contributed by atoms with van der Waals surface area (Å²) in [5.74, 6) is -0.212. The Labute approximate surface area is 98.9 Å². The SMILES string of the molecule is O=C(NCC1=CCNCC1)c1cc[nH]c(=O)c1. The van der Waals surface area contributed by atoms with E-state index in [4.69, 9.17) is 0 Å². The highest BCUT2D eigenvalue weighted by atomic mass is 16.2. The molecule has 0 aliphatic carbocycles. The van der Waals surface area contributed by atoms with Gasteiger partial charge in [-0.2, -0.15) is 0 Å². The van der Waals surface area contributed by atoms with Crippen LogP contribution in [0.1, 0.15) is 16.8 Å². The minimum atomic E-state index is -0.265. The maximum absolute atomic E-state index is 11.7. The number of nitrogens with one attached hydrogen (secondary N) is 3. The number of carbonyl (C=O) groups excluding carboxylic acids is 1. The highest BCUT2D eigenvalue weighted by molar-refractivity contribution is 5.94. The number of amides is 1. The van der Waals surface area contributed by atoms with Crippen LogP contribution >= 0.6 is 0 Å². The third-order valence-electron chi connectivity index (χ3n) is 2.67. The molecule has 2 heterocycles. The molecule has 5 nitrogen and oxygen atoms in total. The molecule has 3 N–H and O–H groups in total. The van der Waals surface area contributed by atoms with Crippen LogP contribution in [0.4, 0.5) is 0 Å². The van der Waals surface area contributed by atoms with Crippen molar-refractivity contribution in [1.29, 1.82) is 0 Å². The highest BCUT2D eigenvalue weighted by Crippen LogP contribution is 2.02. The Bertz CT molecular complexity index is 491. The lowest BCUT2D eigenvalue weighted by atomic mass is 10.1. The van der Waals surface area contributed by atoms with Gasteiger partial charge in [0.15, 0.2) is 0 Å². The van der Waals surface area contributed by atoms with Gasteiger partial charge >= 0.3 is 0 Å². The van der Waals surface area contributed by atoms with Gasteiger partial charge in [-0.1, -0.05) is 11.6 Å². The van der Waals surface area contributed by atoms with Gasteiger partial charge < -0.3 is 15.6 Å². The summed E-state index contributed by atoms with van der Waals surface area (Å²) in [6.45, 7) is 2.36. The lowest BCUT2D eigenvalue weighted by molar-refractivity contribution is 0.0956. The van der Waals surface area contributed by atoms with E-state index in [1.54, 1.807) is 6.07 Å². The molecule has 0 atom stereocenters. The zero-order valence-corrected chi connectivity index (χ0v) is 9.45. The summed E-state index contributed by atoms with van der Waals surface area (Å²) in [4.78, 5) is 25.3. The Morgan fingerprint density at radius 1 is 1.47 bits per heavy atom. The zero-order valence-electron chi connectivity index (χ0n) is 9.45. The predicted molar refractivity (Wildman–Crippen MR) is 65.0 cm³/mol. The van der Waals surface area contributed by atoms with E-state index in [2.05, 4.69) is 21.7 Å². The number of aromatic amines is 1. The summed E-state index contributed by atoms with van der Waals surface area (Å²) in [5, 5.41) is 6.02. The van der Waals surface area contributed by atoms with E-state index in [1.807, 2.05) is 0 Å². The monoisotopic (exact) mass is 233 g/mol. The van der Waals surface area contributed by atoms with Crippen LogP contribution in [0.2, 0.25) is 0 Å². The molecule has 1 aliphatic rings. The van der Waals surface area contributed by atoms with E-state index in [9.17, 15) is 9.59 Å². The second kappa shape index (κ2) is 5.45. The molecule has 1 amide bonds. The first-order chi connectivity index (χ1) is 8.25. The minimum Gasteiger partial charge on any atom is -0.348 e. The smallest absolute Gasteiger partial charge is 0.251 e. The molecular formula is C12H15N3O2. The van der Waals surface area contributed by atoms with Crippen LogP contribution in [-0.4, -0.2) is 30.5 Å². The topological polar surface area (TPSA) is 74.0 Å². The number of hydrogen-bond acceptors (Lipinski definition) is 3. The quantitative estimate of drug-likeness (QED) is 0.645. The lowest BCUT2D eigenvalue weighted by Gasteiger charge is -2.14. The van der Waals surface area contributed by atoms with E-state index in [1.165, 1.54) is 17.8 Å². The summed E-state index contributed by atoms with van der Waals surface area (Å²) in [7, 11) is 0. The van der Waals surface area contributed by atoms with Gasteiger partial charge in [-0.3, -0.25) is 9.59 Å². The Hall–Kier alpha value is -1.88. The van der Waals surface area contributed by atoms with E-state index < -0.39 is 0 Å². The van der Waals surface area contributed by atoms with Gasteiger partial charge in [0, 0.05) is 30.9 Å². The predicted octanol–water partition coefficient (Wildman–Crippen LogP) is 0.0244. The first-order valence-electron chi connectivity index (χ1n) is 5.61. The standard InChI is InChI=1S/C12H15N3O2/c16-11-7-10(3-6-14-11)12(17)15-8-9-1-4-13-5-2-9/h1,3,6-7,13H,2,4-5,8H2,(H,14,16)(H,15,17). The van der Waals surface area contributed by atoms with Crippen molar-refractivity contribution >= 4 is 5.91 Å². The van der Waals surface area contributed by atoms with Crippen molar-refractivity contribution in [2.24, 2.45) is 0 Å². The summed E-state index contributed by atoms with van der Waals surface area (Å²) in [6, 6.07) is 2.89. The van der Waals surface area contributed by atoms with Crippen LogP contribution in [-0.2, 0) is 0 Å². The van der Waals surface area contributed by atoms with Crippen molar-refractivity contribution in [1.82, 2.24) is 15.6 Å². The molecule has 0 fully saturated rings. The van der Waals surface area contributed by atoms with E-state index >= 15 is 0 Å². The third kappa shape index (κ3) is 3.29. The molecule has 0 aromatic carbocycles. The summed E-state index contributed by atoms with van der Waals surface area (Å²) in [5.41, 5.74) is 1.35. The molecule has 0 bridgehead atoms. The van der Waals surface area contributed by atoms with Crippen molar-refractivity contribution in [2.75, 3.05) is 19.6 Å². The fourth-order valence-corrected chi connectivity index (χ4v) is 1.71. The Kier molecular flexibility index (Phi) is 3.72. The van der Waals surface area contributed by atoms with Crippen LogP contribution in [0, 0.1) is 0 Å². The molecule has 0 saturated carbocycles. The maximum Gasteiger partial charge on any atom is 0.251 e. The van der Waals surface area contributed by atoms with Gasteiger partial charge in [-0.05, 0) is 19.0 Å². The fourth-order valence-electron chi connectivity index (χ4n) is 1.71. The van der Waals surface area contributed by atoms with Crippen LogP contribution in [0.5, 0.6) is 0 Å². The second-order valence-corrected chi connectivity index (χ2v) is 3.94. The molecule has 90 valence electrons. The van der Waals surface area contributed by atoms with Crippen molar-refractivity contribution in [2.45, 2.75) is 6.42 Å². The van der Waals surface area contributed by atoms with Crippen LogP contribution in [0.15, 0.2) is 34.8 Å². The molecule has 1 aromatic heterocycles. The lowest BCUT2D eigenvalue weighted by Crippen LogP contribution is -2.30. The van der Waals surface area contributed by atoms with Gasteiger partial charge in [0.1, 0.15) is 0 Å². The van der Waals surface area contributed by atoms with Crippen molar-refractivity contribution < 1.29 is 4.79 Å². The number of hydrogen-bond donors (Lipinski definition) is 3. The molecule has 1 aromatic rings. The first kappa shape index (κ1) is 11.6. The minimum absolute atomic E-state index is 0.212. The van der Waals surface area contributed by atoms with Crippen LogP contribution in [0.3, 0.4) is 0 Å². The molecule has 1 aliphatic heterocycles. The second-order valence-electron chi connectivity index (χ2n) is 3.94. The van der Waals surface area contributed by atoms with E-state index in [0.717, 1.165) is 19.5 Å². The largest absolute Gasteiger partial charge is 0.348 e. The van der Waals surface area contributed by atoms with Crippen molar-refractivity contribution in [3.8, 4) is 0 Å². The molecule has 0 saturated heterocycles. The number of aromatic nitrogens is 1. The molecule has 2 rings (SSSR count). The van der Waals surface area contributed by atoms with Gasteiger partial charge in [-0.25, -0.2) is 0 Å². The molecular weight excluding hydrogens is 218 g/mol. The number of rotatable bonds is 3. The number of pyridine rings is 1. The van der Waals surface area contributed by atoms with E-state index in [-0.39, 0.29) is 11.5 Å². The molecule has 17 heavy (non-hydrogen) atoms. The first-order valence-corrected chi connectivity index (χ1v) is 5.61. The highest BCUT2D eigenvalue weighted by Gasteiger charge is 2.07. The van der Waals surface area contributed by atoms with Gasteiger partial charge in [-0.15, -0.1) is 0 Å². The van der Waals surface area contributed by atoms with Gasteiger partial charge in [0.25, 0.3) is 5.91 Å². The summed E-state index contributed by atoms with van der Waals surface area (Å²) in [6.07, 6.45) is 4.51. The molecule has 0 radical (unpaired) electrons. The average Bonchev–Trinajstić information content (AvgIpc) is 2.37. The maximum atomic E-state index is 11.7. The Balaban J connectivity index is 1.93. The van der Waals surface area contributed by atoms with Crippen LogP contribution in [0.25, 0.3) is 0 Å². The normalized spacial score (nSPS) is 15.2.